The standard InChI is InChI=1S/C13H14N4O4/c1-21-13(12(19)20)3-5-17(6-13)11(18)9-8-2-4-14-10(8)16-7-15-9/h2,4,7H,3,5-6H2,1H3,(H,19,20)(H,14,15,16)/t13-/m0/s1. The van der Waals surface area contributed by atoms with Gasteiger partial charge in [-0.2, -0.15) is 0 Å². The van der Waals surface area contributed by atoms with Gasteiger partial charge in [0.05, 0.1) is 11.9 Å². The minimum absolute atomic E-state index is 0.00753. The molecule has 0 aliphatic carbocycles. The highest BCUT2D eigenvalue weighted by Gasteiger charge is 2.47. The van der Waals surface area contributed by atoms with Crippen LogP contribution in [0.15, 0.2) is 18.6 Å². The lowest BCUT2D eigenvalue weighted by molar-refractivity contribution is -0.160. The molecular weight excluding hydrogens is 276 g/mol. The van der Waals surface area contributed by atoms with E-state index in [0.29, 0.717) is 17.6 Å². The molecule has 1 saturated heterocycles. The van der Waals surface area contributed by atoms with Gasteiger partial charge in [0, 0.05) is 26.3 Å². The number of likely N-dealkylation sites (tertiary alicyclic amines) is 1. The summed E-state index contributed by atoms with van der Waals surface area (Å²) < 4.78 is 5.12. The average molecular weight is 290 g/mol. The number of fused-ring (bicyclic) bond motifs is 1. The molecule has 1 aliphatic rings. The predicted octanol–water partition coefficient (Wildman–Crippen LogP) is 0.274. The maximum absolute atomic E-state index is 12.6. The van der Waals surface area contributed by atoms with Crippen LogP contribution in [-0.2, 0) is 9.53 Å². The topological polar surface area (TPSA) is 108 Å². The molecular formula is C13H14N4O4. The van der Waals surface area contributed by atoms with Gasteiger partial charge >= 0.3 is 5.97 Å². The van der Waals surface area contributed by atoms with Crippen molar-refractivity contribution < 1.29 is 19.4 Å². The third-order valence-electron chi connectivity index (χ3n) is 3.86. The van der Waals surface area contributed by atoms with Gasteiger partial charge in [-0.05, 0) is 6.07 Å². The Morgan fingerprint density at radius 2 is 2.29 bits per heavy atom. The van der Waals surface area contributed by atoms with E-state index < -0.39 is 11.6 Å². The zero-order valence-electron chi connectivity index (χ0n) is 11.4. The van der Waals surface area contributed by atoms with Crippen molar-refractivity contribution in [3.8, 4) is 0 Å². The van der Waals surface area contributed by atoms with Crippen LogP contribution < -0.4 is 0 Å². The van der Waals surface area contributed by atoms with Gasteiger partial charge in [0.2, 0.25) is 0 Å². The van der Waals surface area contributed by atoms with Crippen molar-refractivity contribution >= 4 is 22.9 Å². The highest BCUT2D eigenvalue weighted by Crippen LogP contribution is 2.27. The Bertz CT molecular complexity index is 713. The highest BCUT2D eigenvalue weighted by atomic mass is 16.5. The Labute approximate surface area is 119 Å². The van der Waals surface area contributed by atoms with Gasteiger partial charge in [-0.25, -0.2) is 14.8 Å². The first-order valence-electron chi connectivity index (χ1n) is 6.43. The molecule has 0 aromatic carbocycles. The fourth-order valence-electron chi connectivity index (χ4n) is 2.58. The van der Waals surface area contributed by atoms with E-state index in [0.717, 1.165) is 0 Å². The monoisotopic (exact) mass is 290 g/mol. The van der Waals surface area contributed by atoms with E-state index in [9.17, 15) is 14.7 Å². The molecule has 0 bridgehead atoms. The van der Waals surface area contributed by atoms with Crippen molar-refractivity contribution in [3.05, 3.63) is 24.3 Å². The predicted molar refractivity (Wildman–Crippen MR) is 71.8 cm³/mol. The normalized spacial score (nSPS) is 21.9. The Hall–Kier alpha value is -2.48. The van der Waals surface area contributed by atoms with Gasteiger partial charge in [0.25, 0.3) is 5.91 Å². The van der Waals surface area contributed by atoms with Gasteiger partial charge in [-0.15, -0.1) is 0 Å². The largest absolute Gasteiger partial charge is 0.479 e. The molecule has 2 aromatic heterocycles. The van der Waals surface area contributed by atoms with Crippen LogP contribution >= 0.6 is 0 Å². The smallest absolute Gasteiger partial charge is 0.337 e. The van der Waals surface area contributed by atoms with E-state index in [-0.39, 0.29) is 24.6 Å². The van der Waals surface area contributed by atoms with Crippen LogP contribution in [0.25, 0.3) is 11.0 Å². The van der Waals surface area contributed by atoms with Crippen molar-refractivity contribution in [3.63, 3.8) is 0 Å². The van der Waals surface area contributed by atoms with Crippen molar-refractivity contribution in [2.45, 2.75) is 12.0 Å². The first kappa shape index (κ1) is 13.5. The van der Waals surface area contributed by atoms with Crippen LogP contribution in [0.4, 0.5) is 0 Å². The maximum atomic E-state index is 12.6. The van der Waals surface area contributed by atoms with Crippen LogP contribution in [-0.4, -0.2) is 62.6 Å². The molecule has 21 heavy (non-hydrogen) atoms. The Morgan fingerprint density at radius 3 is 2.95 bits per heavy atom. The summed E-state index contributed by atoms with van der Waals surface area (Å²) in [6, 6.07) is 1.72. The summed E-state index contributed by atoms with van der Waals surface area (Å²) in [6.07, 6.45) is 3.24. The molecule has 1 aliphatic heterocycles. The summed E-state index contributed by atoms with van der Waals surface area (Å²) in [4.78, 5) is 36.3. The SMILES string of the molecule is CO[C@@]1(C(=O)O)CCN(C(=O)c2ncnc3[nH]ccc23)C1. The molecule has 0 radical (unpaired) electrons. The fraction of sp³-hybridized carbons (Fsp3) is 0.385. The zero-order valence-corrected chi connectivity index (χ0v) is 11.4. The molecule has 1 atom stereocenters. The van der Waals surface area contributed by atoms with Gasteiger partial charge in [-0.1, -0.05) is 0 Å². The molecule has 110 valence electrons. The molecule has 3 rings (SSSR count). The number of ether oxygens (including phenoxy) is 1. The van der Waals surface area contributed by atoms with Crippen LogP contribution in [0.5, 0.6) is 0 Å². The van der Waals surface area contributed by atoms with Crippen LogP contribution in [0, 0.1) is 0 Å². The van der Waals surface area contributed by atoms with Gasteiger partial charge < -0.3 is 19.7 Å². The first-order valence-corrected chi connectivity index (χ1v) is 6.43. The summed E-state index contributed by atoms with van der Waals surface area (Å²) >= 11 is 0. The highest BCUT2D eigenvalue weighted by molar-refractivity contribution is 6.04. The molecule has 2 N–H and O–H groups in total. The summed E-state index contributed by atoms with van der Waals surface area (Å²) in [5.41, 5.74) is -0.498. The third kappa shape index (κ3) is 2.04. The number of aromatic nitrogens is 3. The number of aromatic amines is 1. The molecule has 0 unspecified atom stereocenters. The number of nitrogens with one attached hydrogen (secondary N) is 1. The lowest BCUT2D eigenvalue weighted by atomic mass is 10.0. The molecule has 0 saturated carbocycles. The molecule has 2 aromatic rings. The Morgan fingerprint density at radius 1 is 1.48 bits per heavy atom. The summed E-state index contributed by atoms with van der Waals surface area (Å²) in [5, 5.41) is 9.90. The van der Waals surface area contributed by atoms with Crippen LogP contribution in [0.2, 0.25) is 0 Å². The van der Waals surface area contributed by atoms with Crippen molar-refractivity contribution in [2.24, 2.45) is 0 Å². The van der Waals surface area contributed by atoms with E-state index in [1.54, 1.807) is 12.3 Å². The number of methoxy groups -OCH3 is 1. The number of carboxylic acids is 1. The minimum atomic E-state index is -1.33. The molecule has 8 heteroatoms. The average Bonchev–Trinajstić information content (AvgIpc) is 3.13. The van der Waals surface area contributed by atoms with Crippen molar-refractivity contribution in [1.82, 2.24) is 19.9 Å². The van der Waals surface area contributed by atoms with Gasteiger partial charge in [-0.3, -0.25) is 4.79 Å². The second-order valence-electron chi connectivity index (χ2n) is 4.94. The molecule has 0 spiro atoms. The van der Waals surface area contributed by atoms with Crippen molar-refractivity contribution in [2.75, 3.05) is 20.2 Å². The lowest BCUT2D eigenvalue weighted by Gasteiger charge is -2.22. The lowest BCUT2D eigenvalue weighted by Crippen LogP contribution is -2.44. The number of carbonyl (C=O) groups excluding carboxylic acids is 1. The van der Waals surface area contributed by atoms with E-state index in [1.807, 2.05) is 0 Å². The number of H-pyrrole nitrogens is 1. The second-order valence-corrected chi connectivity index (χ2v) is 4.94. The van der Waals surface area contributed by atoms with Gasteiger partial charge in [0.1, 0.15) is 17.7 Å². The third-order valence-corrected chi connectivity index (χ3v) is 3.86. The summed E-state index contributed by atoms with van der Waals surface area (Å²) in [7, 11) is 1.34. The summed E-state index contributed by atoms with van der Waals surface area (Å²) in [6.45, 7) is 0.322. The fourth-order valence-corrected chi connectivity index (χ4v) is 2.58. The quantitative estimate of drug-likeness (QED) is 0.840. The number of aliphatic carboxylic acids is 1. The van der Waals surface area contributed by atoms with E-state index in [4.69, 9.17) is 4.74 Å². The molecule has 1 amide bonds. The second kappa shape index (κ2) is 4.81. The van der Waals surface area contributed by atoms with Crippen LogP contribution in [0.3, 0.4) is 0 Å². The number of carbonyl (C=O) groups is 2. The van der Waals surface area contributed by atoms with E-state index in [1.165, 1.54) is 18.3 Å². The number of carboxylic acid groups (broad SMARTS) is 1. The summed E-state index contributed by atoms with van der Waals surface area (Å²) in [5.74, 6) is -1.38. The zero-order chi connectivity index (χ0) is 15.0. The van der Waals surface area contributed by atoms with Crippen LogP contribution in [0.1, 0.15) is 16.9 Å². The van der Waals surface area contributed by atoms with Gasteiger partial charge in [0.15, 0.2) is 5.60 Å². The molecule has 3 heterocycles. The minimum Gasteiger partial charge on any atom is -0.479 e. The number of rotatable bonds is 3. The maximum Gasteiger partial charge on any atom is 0.337 e. The number of nitrogens with zero attached hydrogens (tertiary/aromatic N) is 3. The Balaban J connectivity index is 1.90. The number of amides is 1. The number of hydrogen-bond acceptors (Lipinski definition) is 5. The van der Waals surface area contributed by atoms with E-state index >= 15 is 0 Å². The molecule has 1 fully saturated rings. The van der Waals surface area contributed by atoms with E-state index in [2.05, 4.69) is 15.0 Å². The van der Waals surface area contributed by atoms with Crippen molar-refractivity contribution in [1.29, 1.82) is 0 Å². The first-order chi connectivity index (χ1) is 10.1. The molecule has 8 nitrogen and oxygen atoms in total. The Kier molecular flexibility index (Phi) is 3.09. The number of hydrogen-bond donors (Lipinski definition) is 2.